The average molecular weight is 290 g/mol. The molecule has 0 fully saturated rings. The molecule has 0 bridgehead atoms. The Morgan fingerprint density at radius 1 is 1.48 bits per heavy atom. The van der Waals surface area contributed by atoms with Crippen LogP contribution in [-0.2, 0) is 11.8 Å². The molecule has 0 saturated carbocycles. The van der Waals surface area contributed by atoms with Crippen molar-refractivity contribution in [1.29, 1.82) is 0 Å². The lowest BCUT2D eigenvalue weighted by molar-refractivity contribution is 0.142. The van der Waals surface area contributed by atoms with Crippen LogP contribution in [0.3, 0.4) is 0 Å². The Morgan fingerprint density at radius 2 is 2.29 bits per heavy atom. The zero-order valence-corrected chi connectivity index (χ0v) is 12.0. The van der Waals surface area contributed by atoms with Crippen LogP contribution in [0, 0.1) is 5.92 Å². The second kappa shape index (κ2) is 6.69. The summed E-state index contributed by atoms with van der Waals surface area (Å²) in [5.74, 6) is 1.51. The van der Waals surface area contributed by atoms with Gasteiger partial charge in [0.1, 0.15) is 12.1 Å². The fourth-order valence-corrected chi connectivity index (χ4v) is 1.66. The fraction of sp³-hybridized carbons (Fsp3) is 0.385. The number of nitrogens with zero attached hydrogens (tertiary/aromatic N) is 4. The Hall–Kier alpha value is -2.64. The van der Waals surface area contributed by atoms with E-state index in [0.717, 1.165) is 11.4 Å². The van der Waals surface area contributed by atoms with Gasteiger partial charge < -0.3 is 15.8 Å². The number of nitrogens with one attached hydrogen (secondary N) is 1. The van der Waals surface area contributed by atoms with Crippen LogP contribution in [0.5, 0.6) is 0 Å². The topological polar surface area (TPSA) is 108 Å². The Kier molecular flexibility index (Phi) is 4.70. The van der Waals surface area contributed by atoms with Gasteiger partial charge in [-0.1, -0.05) is 6.92 Å². The van der Waals surface area contributed by atoms with Crippen LogP contribution in [0.1, 0.15) is 6.92 Å². The van der Waals surface area contributed by atoms with Gasteiger partial charge in [0.05, 0.1) is 6.61 Å². The van der Waals surface area contributed by atoms with Crippen LogP contribution in [0.4, 0.5) is 10.6 Å². The maximum Gasteiger partial charge on any atom is 0.404 e. The lowest BCUT2D eigenvalue weighted by Crippen LogP contribution is -2.22. The predicted molar refractivity (Wildman–Crippen MR) is 77.4 cm³/mol. The first-order chi connectivity index (χ1) is 10.0. The predicted octanol–water partition coefficient (Wildman–Crippen LogP) is 1.02. The number of amides is 1. The van der Waals surface area contributed by atoms with Crippen molar-refractivity contribution in [3.8, 4) is 11.4 Å². The summed E-state index contributed by atoms with van der Waals surface area (Å²) in [6.45, 7) is 2.85. The van der Waals surface area contributed by atoms with Crippen LogP contribution < -0.4 is 11.1 Å². The van der Waals surface area contributed by atoms with Crippen LogP contribution in [0.25, 0.3) is 11.4 Å². The fourth-order valence-electron chi connectivity index (χ4n) is 1.66. The molecule has 0 aromatic carbocycles. The molecular formula is C13H18N6O2. The number of rotatable bonds is 6. The molecule has 8 heteroatoms. The highest BCUT2D eigenvalue weighted by Crippen LogP contribution is 2.14. The maximum absolute atomic E-state index is 10.5. The van der Waals surface area contributed by atoms with Gasteiger partial charge in [0.2, 0.25) is 0 Å². The summed E-state index contributed by atoms with van der Waals surface area (Å²) in [5, 5.41) is 7.37. The van der Waals surface area contributed by atoms with Crippen LogP contribution in [-0.4, -0.2) is 39.0 Å². The highest BCUT2D eigenvalue weighted by Gasteiger charge is 2.06. The summed E-state index contributed by atoms with van der Waals surface area (Å²) in [6, 6.07) is 3.75. The molecule has 0 spiro atoms. The third-order valence-corrected chi connectivity index (χ3v) is 2.76. The third kappa shape index (κ3) is 4.44. The van der Waals surface area contributed by atoms with Crippen molar-refractivity contribution in [1.82, 2.24) is 19.7 Å². The number of carbonyl (C=O) groups excluding carboxylic acids is 1. The SMILES string of the molecule is CC(CNc1ccc(-c2ncn(C)n2)cn1)COC(N)=O. The highest BCUT2D eigenvalue weighted by atomic mass is 16.5. The number of aryl methyl sites for hydroxylation is 1. The molecule has 21 heavy (non-hydrogen) atoms. The van der Waals surface area contributed by atoms with Crippen molar-refractivity contribution in [2.24, 2.45) is 18.7 Å². The van der Waals surface area contributed by atoms with Gasteiger partial charge in [0.15, 0.2) is 5.82 Å². The van der Waals surface area contributed by atoms with Gasteiger partial charge in [-0.15, -0.1) is 0 Å². The smallest absolute Gasteiger partial charge is 0.404 e. The molecule has 1 amide bonds. The third-order valence-electron chi connectivity index (χ3n) is 2.76. The first-order valence-corrected chi connectivity index (χ1v) is 6.52. The Balaban J connectivity index is 1.86. The summed E-state index contributed by atoms with van der Waals surface area (Å²) in [4.78, 5) is 19.0. The van der Waals surface area contributed by atoms with Gasteiger partial charge in [-0.2, -0.15) is 5.10 Å². The van der Waals surface area contributed by atoms with Crippen LogP contribution >= 0.6 is 0 Å². The molecule has 8 nitrogen and oxygen atoms in total. The second-order valence-corrected chi connectivity index (χ2v) is 4.79. The van der Waals surface area contributed by atoms with E-state index in [4.69, 9.17) is 10.5 Å². The number of hydrogen-bond acceptors (Lipinski definition) is 6. The molecule has 0 radical (unpaired) electrons. The van der Waals surface area contributed by atoms with Gasteiger partial charge in [0.25, 0.3) is 0 Å². The standard InChI is InChI=1S/C13H18N6O2/c1-9(7-21-13(14)20)5-15-11-4-3-10(6-16-11)12-17-8-19(2)18-12/h3-4,6,8-9H,5,7H2,1-2H3,(H2,14,20)(H,15,16). The van der Waals surface area contributed by atoms with Crippen molar-refractivity contribution in [3.05, 3.63) is 24.7 Å². The van der Waals surface area contributed by atoms with Gasteiger partial charge in [-0.05, 0) is 12.1 Å². The lowest BCUT2D eigenvalue weighted by Gasteiger charge is -2.12. The van der Waals surface area contributed by atoms with Gasteiger partial charge in [0, 0.05) is 31.3 Å². The quantitative estimate of drug-likeness (QED) is 0.822. The number of aromatic nitrogens is 4. The Labute approximate surface area is 122 Å². The van der Waals surface area contributed by atoms with Crippen LogP contribution in [0.2, 0.25) is 0 Å². The summed E-state index contributed by atoms with van der Waals surface area (Å²) >= 11 is 0. The van der Waals surface area contributed by atoms with E-state index >= 15 is 0 Å². The van der Waals surface area contributed by atoms with E-state index in [1.807, 2.05) is 26.1 Å². The minimum absolute atomic E-state index is 0.136. The van der Waals surface area contributed by atoms with Crippen molar-refractivity contribution >= 4 is 11.9 Å². The number of primary amides is 1. The van der Waals surface area contributed by atoms with E-state index < -0.39 is 6.09 Å². The van der Waals surface area contributed by atoms with Crippen LogP contribution in [0.15, 0.2) is 24.7 Å². The summed E-state index contributed by atoms with van der Waals surface area (Å²) in [6.07, 6.45) is 2.59. The molecule has 3 N–H and O–H groups in total. The van der Waals surface area contributed by atoms with Crippen molar-refractivity contribution in [3.63, 3.8) is 0 Å². The normalized spacial score (nSPS) is 11.9. The molecule has 1 unspecified atom stereocenters. The molecular weight excluding hydrogens is 272 g/mol. The first kappa shape index (κ1) is 14.8. The van der Waals surface area contributed by atoms with Crippen molar-refractivity contribution in [2.45, 2.75) is 6.92 Å². The molecule has 0 aliphatic carbocycles. The summed E-state index contributed by atoms with van der Waals surface area (Å²) in [5.41, 5.74) is 5.77. The van der Waals surface area contributed by atoms with E-state index in [9.17, 15) is 4.79 Å². The molecule has 1 atom stereocenters. The number of pyridine rings is 1. The number of nitrogens with two attached hydrogens (primary N) is 1. The number of ether oxygens (including phenoxy) is 1. The van der Waals surface area contributed by atoms with Gasteiger partial charge >= 0.3 is 6.09 Å². The largest absolute Gasteiger partial charge is 0.449 e. The number of hydrogen-bond donors (Lipinski definition) is 2. The molecule has 2 aromatic rings. The molecule has 0 saturated heterocycles. The minimum atomic E-state index is -0.757. The zero-order valence-electron chi connectivity index (χ0n) is 12.0. The van der Waals surface area contributed by atoms with Gasteiger partial charge in [-0.3, -0.25) is 4.68 Å². The van der Waals surface area contributed by atoms with E-state index in [-0.39, 0.29) is 12.5 Å². The Morgan fingerprint density at radius 3 is 2.86 bits per heavy atom. The van der Waals surface area contributed by atoms with Crippen molar-refractivity contribution in [2.75, 3.05) is 18.5 Å². The monoisotopic (exact) mass is 290 g/mol. The molecule has 0 aliphatic rings. The maximum atomic E-state index is 10.5. The summed E-state index contributed by atoms with van der Waals surface area (Å²) in [7, 11) is 1.81. The van der Waals surface area contributed by atoms with E-state index in [0.29, 0.717) is 12.4 Å². The van der Waals surface area contributed by atoms with Crippen molar-refractivity contribution < 1.29 is 9.53 Å². The minimum Gasteiger partial charge on any atom is -0.449 e. The van der Waals surface area contributed by atoms with E-state index in [1.165, 1.54) is 0 Å². The number of carbonyl (C=O) groups is 1. The molecule has 0 aliphatic heterocycles. The molecule has 2 rings (SSSR count). The zero-order chi connectivity index (χ0) is 15.2. The highest BCUT2D eigenvalue weighted by molar-refractivity contribution is 5.64. The van der Waals surface area contributed by atoms with Gasteiger partial charge in [-0.25, -0.2) is 14.8 Å². The Bertz CT molecular complexity index is 595. The average Bonchev–Trinajstić information content (AvgIpc) is 2.90. The molecule has 2 aromatic heterocycles. The lowest BCUT2D eigenvalue weighted by atomic mass is 10.2. The number of anilines is 1. The summed E-state index contributed by atoms with van der Waals surface area (Å²) < 4.78 is 6.37. The second-order valence-electron chi connectivity index (χ2n) is 4.79. The molecule has 2 heterocycles. The van der Waals surface area contributed by atoms with E-state index in [2.05, 4.69) is 20.4 Å². The molecule has 112 valence electrons. The van der Waals surface area contributed by atoms with E-state index in [1.54, 1.807) is 17.2 Å². The first-order valence-electron chi connectivity index (χ1n) is 6.52.